The maximum absolute atomic E-state index is 13.2. The maximum Gasteiger partial charge on any atom is 0.328 e. The minimum atomic E-state index is -0.911. The minimum absolute atomic E-state index is 0.157. The van der Waals surface area contributed by atoms with E-state index in [1.54, 1.807) is 54.6 Å². The van der Waals surface area contributed by atoms with Gasteiger partial charge in [0.1, 0.15) is 11.4 Å². The molecular formula is C27H25BrN4O4. The van der Waals surface area contributed by atoms with Gasteiger partial charge in [0.2, 0.25) is 0 Å². The first-order valence-corrected chi connectivity index (χ1v) is 12.1. The van der Waals surface area contributed by atoms with Gasteiger partial charge in [0, 0.05) is 21.2 Å². The van der Waals surface area contributed by atoms with E-state index in [0.717, 1.165) is 15.6 Å². The molecule has 0 aliphatic heterocycles. The lowest BCUT2D eigenvalue weighted by atomic mass is 10.1. The van der Waals surface area contributed by atoms with E-state index < -0.39 is 17.7 Å². The third kappa shape index (κ3) is 5.41. The van der Waals surface area contributed by atoms with Crippen molar-refractivity contribution in [1.29, 1.82) is 0 Å². The maximum atomic E-state index is 13.2. The summed E-state index contributed by atoms with van der Waals surface area (Å²) in [7, 11) is 0. The highest BCUT2D eigenvalue weighted by molar-refractivity contribution is 9.10. The number of carbonyl (C=O) groups is 3. The molecule has 4 aromatic rings. The van der Waals surface area contributed by atoms with Crippen molar-refractivity contribution in [2.75, 3.05) is 22.7 Å². The van der Waals surface area contributed by atoms with Crippen LogP contribution in [0, 0.1) is 13.8 Å². The van der Waals surface area contributed by atoms with Gasteiger partial charge in [-0.05, 0) is 86.5 Å². The first-order valence-electron chi connectivity index (χ1n) is 11.3. The Morgan fingerprint density at radius 2 is 1.67 bits per heavy atom. The molecular weight excluding hydrogens is 524 g/mol. The fraction of sp³-hybridized carbons (Fsp3) is 0.148. The topological polar surface area (TPSA) is 101 Å². The Morgan fingerprint density at radius 1 is 0.917 bits per heavy atom. The van der Waals surface area contributed by atoms with Gasteiger partial charge in [0.15, 0.2) is 0 Å². The summed E-state index contributed by atoms with van der Waals surface area (Å²) < 4.78 is 7.56. The molecule has 0 atom stereocenters. The monoisotopic (exact) mass is 548 g/mol. The van der Waals surface area contributed by atoms with E-state index in [1.807, 2.05) is 32.9 Å². The average molecular weight is 549 g/mol. The molecule has 36 heavy (non-hydrogen) atoms. The number of anilines is 2. The molecule has 0 radical (unpaired) electrons. The number of aryl methyl sites for hydroxylation is 1. The van der Waals surface area contributed by atoms with E-state index in [2.05, 4.69) is 32.0 Å². The van der Waals surface area contributed by atoms with Crippen LogP contribution in [0.5, 0.6) is 5.75 Å². The van der Waals surface area contributed by atoms with Gasteiger partial charge >= 0.3 is 11.8 Å². The zero-order valence-corrected chi connectivity index (χ0v) is 21.6. The van der Waals surface area contributed by atoms with Crippen LogP contribution in [0.4, 0.5) is 11.4 Å². The van der Waals surface area contributed by atoms with Crippen LogP contribution in [0.3, 0.4) is 0 Å². The Balaban J connectivity index is 1.60. The molecule has 0 fully saturated rings. The van der Waals surface area contributed by atoms with Crippen molar-refractivity contribution in [2.24, 2.45) is 0 Å². The Hall–Kier alpha value is -4.11. The summed E-state index contributed by atoms with van der Waals surface area (Å²) in [6.07, 6.45) is 0. The second-order valence-electron chi connectivity index (χ2n) is 8.12. The Bertz CT molecular complexity index is 1460. The summed E-state index contributed by atoms with van der Waals surface area (Å²) in [6, 6.07) is 19.4. The quantitative estimate of drug-likeness (QED) is 0.281. The highest BCUT2D eigenvalue weighted by Gasteiger charge is 2.21. The van der Waals surface area contributed by atoms with Crippen LogP contribution in [0.25, 0.3) is 10.9 Å². The molecule has 4 rings (SSSR count). The van der Waals surface area contributed by atoms with Gasteiger partial charge < -0.3 is 15.4 Å². The molecule has 0 saturated heterocycles. The fourth-order valence-corrected chi connectivity index (χ4v) is 4.07. The van der Waals surface area contributed by atoms with Crippen molar-refractivity contribution in [3.63, 3.8) is 0 Å². The highest BCUT2D eigenvalue weighted by Crippen LogP contribution is 2.25. The normalized spacial score (nSPS) is 10.7. The van der Waals surface area contributed by atoms with Crippen LogP contribution in [0.1, 0.15) is 28.5 Å². The predicted molar refractivity (Wildman–Crippen MR) is 144 cm³/mol. The molecule has 0 aliphatic carbocycles. The summed E-state index contributed by atoms with van der Waals surface area (Å²) in [5.41, 5.74) is 6.24. The van der Waals surface area contributed by atoms with Crippen molar-refractivity contribution in [3.8, 4) is 5.75 Å². The number of fused-ring (bicyclic) bond motifs is 1. The van der Waals surface area contributed by atoms with E-state index in [4.69, 9.17) is 4.74 Å². The zero-order valence-electron chi connectivity index (χ0n) is 20.0. The van der Waals surface area contributed by atoms with Crippen LogP contribution < -0.4 is 20.8 Å². The number of amides is 3. The molecule has 1 aromatic heterocycles. The minimum Gasteiger partial charge on any atom is -0.494 e. The van der Waals surface area contributed by atoms with Gasteiger partial charge in [0.25, 0.3) is 5.91 Å². The smallest absolute Gasteiger partial charge is 0.328 e. The van der Waals surface area contributed by atoms with E-state index in [-0.39, 0.29) is 5.69 Å². The second-order valence-corrected chi connectivity index (χ2v) is 9.04. The molecule has 0 saturated carbocycles. The first kappa shape index (κ1) is 25.0. The summed E-state index contributed by atoms with van der Waals surface area (Å²) >= 11 is 3.43. The van der Waals surface area contributed by atoms with Gasteiger partial charge in [-0.15, -0.1) is 0 Å². The molecule has 9 heteroatoms. The molecule has 3 N–H and O–H groups in total. The van der Waals surface area contributed by atoms with E-state index >= 15 is 0 Å². The molecule has 3 amide bonds. The SMILES string of the molecule is CCOc1ccc(NC(=O)c2cc3cc(Br)ccc3n2NC(=O)C(=O)Nc2cccc(C)c2C)cc1. The Morgan fingerprint density at radius 3 is 2.39 bits per heavy atom. The third-order valence-corrected chi connectivity index (χ3v) is 6.19. The number of halogens is 1. The summed E-state index contributed by atoms with van der Waals surface area (Å²) in [5, 5.41) is 6.17. The second kappa shape index (κ2) is 10.7. The van der Waals surface area contributed by atoms with Gasteiger partial charge in [0.05, 0.1) is 12.1 Å². The predicted octanol–water partition coefficient (Wildman–Crippen LogP) is 5.38. The molecule has 0 aliphatic rings. The van der Waals surface area contributed by atoms with Crippen LogP contribution in [0.15, 0.2) is 71.2 Å². The van der Waals surface area contributed by atoms with Crippen molar-refractivity contribution in [3.05, 3.63) is 88.0 Å². The van der Waals surface area contributed by atoms with Crippen LogP contribution in [0.2, 0.25) is 0 Å². The molecule has 0 unspecified atom stereocenters. The van der Waals surface area contributed by atoms with Crippen molar-refractivity contribution in [1.82, 2.24) is 4.68 Å². The number of nitrogens with one attached hydrogen (secondary N) is 3. The molecule has 1 heterocycles. The number of carbonyl (C=O) groups excluding carboxylic acids is 3. The number of nitrogens with zero attached hydrogens (tertiary/aromatic N) is 1. The number of hydrogen-bond acceptors (Lipinski definition) is 4. The van der Waals surface area contributed by atoms with Gasteiger partial charge in [-0.3, -0.25) is 19.8 Å². The van der Waals surface area contributed by atoms with E-state index in [1.165, 1.54) is 4.68 Å². The number of ether oxygens (including phenoxy) is 1. The summed E-state index contributed by atoms with van der Waals surface area (Å²) in [5.74, 6) is -1.52. The van der Waals surface area contributed by atoms with Gasteiger partial charge in [-0.1, -0.05) is 28.1 Å². The zero-order chi connectivity index (χ0) is 25.8. The number of aromatic nitrogens is 1. The standard InChI is InChI=1S/C27H25BrN4O4/c1-4-36-21-11-9-20(10-12-21)29-25(33)24-15-18-14-19(28)8-13-23(18)32(24)31-27(35)26(34)30-22-7-5-6-16(2)17(22)3/h5-15H,4H2,1-3H3,(H,29,33)(H,30,34)(H,31,35). The lowest BCUT2D eigenvalue weighted by Gasteiger charge is -2.14. The Labute approximate surface area is 216 Å². The molecule has 0 bridgehead atoms. The van der Waals surface area contributed by atoms with Crippen molar-refractivity contribution >= 4 is 55.9 Å². The first-order chi connectivity index (χ1) is 17.3. The van der Waals surface area contributed by atoms with Crippen molar-refractivity contribution in [2.45, 2.75) is 20.8 Å². The largest absolute Gasteiger partial charge is 0.494 e. The number of rotatable bonds is 6. The molecule has 8 nitrogen and oxygen atoms in total. The summed E-state index contributed by atoms with van der Waals surface area (Å²) in [6.45, 7) is 6.22. The third-order valence-electron chi connectivity index (χ3n) is 5.69. The van der Waals surface area contributed by atoms with E-state index in [9.17, 15) is 14.4 Å². The lowest BCUT2D eigenvalue weighted by Crippen LogP contribution is -2.36. The Kier molecular flexibility index (Phi) is 7.40. The van der Waals surface area contributed by atoms with Gasteiger partial charge in [-0.25, -0.2) is 4.68 Å². The molecule has 3 aromatic carbocycles. The summed E-state index contributed by atoms with van der Waals surface area (Å²) in [4.78, 5) is 38.7. The average Bonchev–Trinajstić information content (AvgIpc) is 3.20. The van der Waals surface area contributed by atoms with Crippen LogP contribution in [-0.4, -0.2) is 29.0 Å². The fourth-order valence-electron chi connectivity index (χ4n) is 3.69. The van der Waals surface area contributed by atoms with E-state index in [0.29, 0.717) is 34.6 Å². The highest BCUT2D eigenvalue weighted by atomic mass is 79.9. The van der Waals surface area contributed by atoms with Crippen LogP contribution >= 0.6 is 15.9 Å². The number of benzene rings is 3. The lowest BCUT2D eigenvalue weighted by molar-refractivity contribution is -0.133. The van der Waals surface area contributed by atoms with Crippen molar-refractivity contribution < 1.29 is 19.1 Å². The number of hydrogen-bond donors (Lipinski definition) is 3. The van der Waals surface area contributed by atoms with Crippen LogP contribution in [-0.2, 0) is 9.59 Å². The molecule has 0 spiro atoms. The molecule has 184 valence electrons. The van der Waals surface area contributed by atoms with Gasteiger partial charge in [-0.2, -0.15) is 0 Å².